The summed E-state index contributed by atoms with van der Waals surface area (Å²) in [6, 6.07) is 14.5. The molecule has 33 heavy (non-hydrogen) atoms. The van der Waals surface area contributed by atoms with Gasteiger partial charge in [0.15, 0.2) is 0 Å². The predicted octanol–water partition coefficient (Wildman–Crippen LogP) is 3.78. The molecule has 0 saturated carbocycles. The minimum atomic E-state index is -3.49. The van der Waals surface area contributed by atoms with Gasteiger partial charge in [-0.1, -0.05) is 18.6 Å². The van der Waals surface area contributed by atoms with Crippen molar-refractivity contribution in [2.45, 2.75) is 44.7 Å². The maximum Gasteiger partial charge on any atom is 0.301 e. The molecule has 5 rings (SSSR count). The zero-order valence-corrected chi connectivity index (χ0v) is 19.7. The SMILES string of the molecule is O=S(=O)(Nc1cccc(CN2CCC[C@H](Nc3ccc4[nH]ncc4c3)C2)c1)N1CCCCC1. The van der Waals surface area contributed by atoms with Gasteiger partial charge in [-0.25, -0.2) is 0 Å². The van der Waals surface area contributed by atoms with Gasteiger partial charge in [-0.15, -0.1) is 0 Å². The first kappa shape index (κ1) is 22.2. The molecule has 2 aliphatic rings. The van der Waals surface area contributed by atoms with E-state index in [1.807, 2.05) is 24.4 Å². The van der Waals surface area contributed by atoms with E-state index >= 15 is 0 Å². The molecule has 2 fully saturated rings. The number of anilines is 2. The highest BCUT2D eigenvalue weighted by Crippen LogP contribution is 2.23. The summed E-state index contributed by atoms with van der Waals surface area (Å²) in [6.07, 6.45) is 7.08. The second-order valence-corrected chi connectivity index (χ2v) is 10.8. The van der Waals surface area contributed by atoms with Crippen molar-refractivity contribution in [2.75, 3.05) is 36.2 Å². The van der Waals surface area contributed by atoms with Gasteiger partial charge in [0.2, 0.25) is 0 Å². The van der Waals surface area contributed by atoms with E-state index in [-0.39, 0.29) is 0 Å². The van der Waals surface area contributed by atoms with Crippen molar-refractivity contribution >= 4 is 32.5 Å². The molecule has 3 N–H and O–H groups in total. The fourth-order valence-electron chi connectivity index (χ4n) is 4.90. The molecular formula is C24H32N6O2S. The maximum absolute atomic E-state index is 12.7. The highest BCUT2D eigenvalue weighted by molar-refractivity contribution is 7.90. The summed E-state index contributed by atoms with van der Waals surface area (Å²) in [4.78, 5) is 2.44. The van der Waals surface area contributed by atoms with E-state index < -0.39 is 10.2 Å². The Labute approximate surface area is 195 Å². The number of hydrogen-bond donors (Lipinski definition) is 3. The van der Waals surface area contributed by atoms with Gasteiger partial charge in [0.1, 0.15) is 0 Å². The van der Waals surface area contributed by atoms with E-state index in [9.17, 15) is 8.42 Å². The molecular weight excluding hydrogens is 436 g/mol. The van der Waals surface area contributed by atoms with Crippen LogP contribution < -0.4 is 10.0 Å². The molecule has 2 saturated heterocycles. The fraction of sp³-hybridized carbons (Fsp3) is 0.458. The molecule has 3 heterocycles. The molecule has 0 aliphatic carbocycles. The third-order valence-corrected chi connectivity index (χ3v) is 8.09. The Hall–Kier alpha value is -2.62. The number of aromatic nitrogens is 2. The molecule has 176 valence electrons. The Kier molecular flexibility index (Phi) is 6.52. The number of piperidine rings is 2. The van der Waals surface area contributed by atoms with Crippen molar-refractivity contribution < 1.29 is 8.42 Å². The number of benzene rings is 2. The second-order valence-electron chi connectivity index (χ2n) is 9.16. The van der Waals surface area contributed by atoms with E-state index in [2.05, 4.69) is 49.4 Å². The number of likely N-dealkylation sites (tertiary alicyclic amines) is 1. The van der Waals surface area contributed by atoms with E-state index in [1.165, 1.54) is 0 Å². The molecule has 1 atom stereocenters. The summed E-state index contributed by atoms with van der Waals surface area (Å²) in [7, 11) is -3.49. The number of nitrogens with zero attached hydrogens (tertiary/aromatic N) is 3. The van der Waals surface area contributed by atoms with Crippen molar-refractivity contribution in [3.63, 3.8) is 0 Å². The Bertz CT molecular complexity index is 1190. The van der Waals surface area contributed by atoms with Crippen LogP contribution in [0.15, 0.2) is 48.7 Å². The van der Waals surface area contributed by atoms with Crippen molar-refractivity contribution in [1.29, 1.82) is 0 Å². The van der Waals surface area contributed by atoms with Crippen LogP contribution in [0.3, 0.4) is 0 Å². The number of aromatic amines is 1. The van der Waals surface area contributed by atoms with Crippen LogP contribution in [0.5, 0.6) is 0 Å². The monoisotopic (exact) mass is 468 g/mol. The lowest BCUT2D eigenvalue weighted by molar-refractivity contribution is 0.208. The summed E-state index contributed by atoms with van der Waals surface area (Å²) in [5.41, 5.74) is 3.92. The first-order valence-corrected chi connectivity index (χ1v) is 13.3. The smallest absolute Gasteiger partial charge is 0.301 e. The Balaban J connectivity index is 1.20. The van der Waals surface area contributed by atoms with Crippen LogP contribution >= 0.6 is 0 Å². The van der Waals surface area contributed by atoms with Crippen molar-refractivity contribution in [3.8, 4) is 0 Å². The van der Waals surface area contributed by atoms with Crippen molar-refractivity contribution in [2.24, 2.45) is 0 Å². The van der Waals surface area contributed by atoms with Crippen LogP contribution in [0.1, 0.15) is 37.7 Å². The average Bonchev–Trinajstić information content (AvgIpc) is 3.28. The second kappa shape index (κ2) is 9.70. The van der Waals surface area contributed by atoms with Crippen molar-refractivity contribution in [1.82, 2.24) is 19.4 Å². The number of hydrogen-bond acceptors (Lipinski definition) is 5. The Morgan fingerprint density at radius 1 is 1.00 bits per heavy atom. The number of rotatable bonds is 7. The highest BCUT2D eigenvalue weighted by atomic mass is 32.2. The van der Waals surface area contributed by atoms with Crippen molar-refractivity contribution in [3.05, 3.63) is 54.2 Å². The van der Waals surface area contributed by atoms with Gasteiger partial charge in [0.05, 0.1) is 17.4 Å². The van der Waals surface area contributed by atoms with Crippen LogP contribution in [-0.2, 0) is 16.8 Å². The topological polar surface area (TPSA) is 93.4 Å². The van der Waals surface area contributed by atoms with Gasteiger partial charge < -0.3 is 5.32 Å². The van der Waals surface area contributed by atoms with Crippen LogP contribution in [0.25, 0.3) is 10.9 Å². The number of nitrogens with one attached hydrogen (secondary N) is 3. The molecule has 0 amide bonds. The third-order valence-electron chi connectivity index (χ3n) is 6.55. The van der Waals surface area contributed by atoms with Gasteiger partial charge in [-0.2, -0.15) is 17.8 Å². The van der Waals surface area contributed by atoms with Crippen LogP contribution in [0.2, 0.25) is 0 Å². The zero-order valence-electron chi connectivity index (χ0n) is 18.8. The van der Waals surface area contributed by atoms with E-state index in [0.717, 1.165) is 73.9 Å². The van der Waals surface area contributed by atoms with Crippen LogP contribution in [-0.4, -0.2) is 60.0 Å². The lowest BCUT2D eigenvalue weighted by Gasteiger charge is -2.33. The molecule has 8 nitrogen and oxygen atoms in total. The molecule has 0 bridgehead atoms. The predicted molar refractivity (Wildman–Crippen MR) is 132 cm³/mol. The summed E-state index contributed by atoms with van der Waals surface area (Å²) in [6.45, 7) is 4.00. The number of H-pyrrole nitrogens is 1. The van der Waals surface area contributed by atoms with E-state index in [4.69, 9.17) is 0 Å². The Morgan fingerprint density at radius 2 is 1.88 bits per heavy atom. The summed E-state index contributed by atoms with van der Waals surface area (Å²) >= 11 is 0. The summed E-state index contributed by atoms with van der Waals surface area (Å²) in [5.74, 6) is 0. The molecule has 2 aliphatic heterocycles. The third kappa shape index (κ3) is 5.48. The first-order valence-electron chi connectivity index (χ1n) is 11.8. The lowest BCUT2D eigenvalue weighted by atomic mass is 10.0. The lowest BCUT2D eigenvalue weighted by Crippen LogP contribution is -2.41. The van der Waals surface area contributed by atoms with Gasteiger partial charge in [0, 0.05) is 43.3 Å². The number of fused-ring (bicyclic) bond motifs is 1. The first-order chi connectivity index (χ1) is 16.0. The Morgan fingerprint density at radius 3 is 2.76 bits per heavy atom. The van der Waals surface area contributed by atoms with Crippen LogP contribution in [0.4, 0.5) is 11.4 Å². The molecule has 9 heteroatoms. The standard InChI is InChI=1S/C24H32N6O2S/c31-33(32,30-12-2-1-3-13-30)28-22-7-4-6-19(14-22)17-29-11-5-8-23(18-29)26-21-9-10-24-20(15-21)16-25-27-24/h4,6-7,9-10,14-16,23,26,28H,1-3,5,8,11-13,17-18H2,(H,25,27)/t23-/m0/s1. The van der Waals surface area contributed by atoms with E-state index in [1.54, 1.807) is 4.31 Å². The van der Waals surface area contributed by atoms with Crippen LogP contribution in [0, 0.1) is 0 Å². The minimum Gasteiger partial charge on any atom is -0.381 e. The molecule has 0 radical (unpaired) electrons. The van der Waals surface area contributed by atoms with Gasteiger partial charge in [-0.3, -0.25) is 14.7 Å². The van der Waals surface area contributed by atoms with Gasteiger partial charge >= 0.3 is 10.2 Å². The van der Waals surface area contributed by atoms with Gasteiger partial charge in [0.25, 0.3) is 0 Å². The van der Waals surface area contributed by atoms with Gasteiger partial charge in [-0.05, 0) is 68.1 Å². The molecule has 2 aromatic carbocycles. The summed E-state index contributed by atoms with van der Waals surface area (Å²) in [5, 5.41) is 11.9. The quantitative estimate of drug-likeness (QED) is 0.491. The normalized spacial score (nSPS) is 20.7. The summed E-state index contributed by atoms with van der Waals surface area (Å²) < 4.78 is 29.8. The average molecular weight is 469 g/mol. The highest BCUT2D eigenvalue weighted by Gasteiger charge is 2.24. The largest absolute Gasteiger partial charge is 0.381 e. The van der Waals surface area contributed by atoms with E-state index in [0.29, 0.717) is 24.8 Å². The molecule has 0 unspecified atom stereocenters. The molecule has 3 aromatic rings. The molecule has 1 aromatic heterocycles. The molecule has 0 spiro atoms. The maximum atomic E-state index is 12.7. The fourth-order valence-corrected chi connectivity index (χ4v) is 6.19. The zero-order chi connectivity index (χ0) is 22.7. The minimum absolute atomic E-state index is 0.379.